The summed E-state index contributed by atoms with van der Waals surface area (Å²) in [5.41, 5.74) is 1.07. The molecule has 1 aromatic carbocycles. The Morgan fingerprint density at radius 2 is 2.18 bits per heavy atom. The Hall–Kier alpha value is -1.70. The fraction of sp³-hybridized carbons (Fsp3) is 0.600. The maximum Gasteiger partial charge on any atom is 0.234 e. The lowest BCUT2D eigenvalue weighted by Gasteiger charge is -2.59. The molecule has 3 aliphatic rings. The SMILES string of the molecule is CC1(NC(=O)CN2CC3(CC(Cc4nc5c(F)ccc(Cl)c5[nH]4)C3)C2)COC1. The van der Waals surface area contributed by atoms with Crippen molar-refractivity contribution in [3.05, 3.63) is 28.8 Å². The first-order chi connectivity index (χ1) is 13.3. The number of imidazole rings is 1. The zero-order valence-corrected chi connectivity index (χ0v) is 16.6. The average molecular weight is 407 g/mol. The third-order valence-corrected chi connectivity index (χ3v) is 6.60. The van der Waals surface area contributed by atoms with Gasteiger partial charge in [-0.2, -0.15) is 0 Å². The van der Waals surface area contributed by atoms with Gasteiger partial charge in [-0.05, 0) is 43.2 Å². The first-order valence-corrected chi connectivity index (χ1v) is 10.1. The normalized spacial score (nSPS) is 23.2. The number of ether oxygens (including phenoxy) is 1. The summed E-state index contributed by atoms with van der Waals surface area (Å²) in [5.74, 6) is 1.08. The monoisotopic (exact) mass is 406 g/mol. The number of likely N-dealkylation sites (tertiary alicyclic amines) is 1. The molecule has 5 rings (SSSR count). The highest BCUT2D eigenvalue weighted by molar-refractivity contribution is 6.34. The van der Waals surface area contributed by atoms with Crippen LogP contribution in [0.1, 0.15) is 25.6 Å². The molecule has 0 bridgehead atoms. The standard InChI is InChI=1S/C20H24ClFN4O2/c1-19(10-28-11-19)25-16(27)7-26-8-20(9-26)5-12(6-20)4-15-23-17-13(21)2-3-14(22)18(17)24-15/h2-3,12H,4-11H2,1H3,(H,23,24)(H,25,27). The topological polar surface area (TPSA) is 70.2 Å². The van der Waals surface area contributed by atoms with Crippen LogP contribution in [0.15, 0.2) is 12.1 Å². The molecule has 6 nitrogen and oxygen atoms in total. The Balaban J connectivity index is 1.10. The lowest BCUT2D eigenvalue weighted by Crippen LogP contribution is -2.66. The Kier molecular flexibility index (Phi) is 4.19. The predicted molar refractivity (Wildman–Crippen MR) is 104 cm³/mol. The van der Waals surface area contributed by atoms with Crippen LogP contribution in [0.25, 0.3) is 11.0 Å². The van der Waals surface area contributed by atoms with E-state index >= 15 is 0 Å². The Morgan fingerprint density at radius 3 is 2.82 bits per heavy atom. The molecule has 3 heterocycles. The van der Waals surface area contributed by atoms with Gasteiger partial charge in [0.25, 0.3) is 0 Å². The Morgan fingerprint density at radius 1 is 1.43 bits per heavy atom. The molecule has 0 unspecified atom stereocenters. The molecule has 150 valence electrons. The zero-order valence-electron chi connectivity index (χ0n) is 15.9. The number of aromatic amines is 1. The zero-order chi connectivity index (χ0) is 19.5. The van der Waals surface area contributed by atoms with E-state index in [4.69, 9.17) is 16.3 Å². The number of carbonyl (C=O) groups excluding carboxylic acids is 1. The van der Waals surface area contributed by atoms with E-state index in [1.54, 1.807) is 6.07 Å². The van der Waals surface area contributed by atoms with Gasteiger partial charge in [-0.15, -0.1) is 0 Å². The molecule has 28 heavy (non-hydrogen) atoms. The first-order valence-electron chi connectivity index (χ1n) is 9.77. The lowest BCUT2D eigenvalue weighted by atomic mass is 9.57. The number of halogens is 2. The number of nitrogens with zero attached hydrogens (tertiary/aromatic N) is 2. The van der Waals surface area contributed by atoms with E-state index in [9.17, 15) is 9.18 Å². The molecule has 8 heteroatoms. The summed E-state index contributed by atoms with van der Waals surface area (Å²) in [6.07, 6.45) is 3.07. The molecule has 3 fully saturated rings. The van der Waals surface area contributed by atoms with Gasteiger partial charge < -0.3 is 15.0 Å². The number of fused-ring (bicyclic) bond motifs is 1. The molecule has 1 aliphatic carbocycles. The van der Waals surface area contributed by atoms with Crippen LogP contribution in [0.5, 0.6) is 0 Å². The molecular formula is C20H24ClFN4O2. The van der Waals surface area contributed by atoms with E-state index in [-0.39, 0.29) is 17.3 Å². The number of amides is 1. The number of nitrogens with one attached hydrogen (secondary N) is 2. The minimum Gasteiger partial charge on any atom is -0.376 e. The highest BCUT2D eigenvalue weighted by Crippen LogP contribution is 2.52. The number of hydrogen-bond acceptors (Lipinski definition) is 4. The summed E-state index contributed by atoms with van der Waals surface area (Å²) in [6.45, 7) is 5.63. The van der Waals surface area contributed by atoms with Crippen molar-refractivity contribution in [1.29, 1.82) is 0 Å². The molecule has 1 amide bonds. The third kappa shape index (κ3) is 3.19. The number of rotatable bonds is 5. The van der Waals surface area contributed by atoms with Crippen LogP contribution in [-0.2, 0) is 16.0 Å². The van der Waals surface area contributed by atoms with E-state index in [2.05, 4.69) is 20.2 Å². The second-order valence-electron chi connectivity index (χ2n) is 9.16. The van der Waals surface area contributed by atoms with Gasteiger partial charge in [-0.25, -0.2) is 9.37 Å². The average Bonchev–Trinajstić information content (AvgIpc) is 2.98. The van der Waals surface area contributed by atoms with E-state index in [1.807, 2.05) is 6.92 Å². The molecule has 2 aromatic rings. The van der Waals surface area contributed by atoms with Crippen molar-refractivity contribution in [2.24, 2.45) is 11.3 Å². The van der Waals surface area contributed by atoms with E-state index < -0.39 is 0 Å². The quantitative estimate of drug-likeness (QED) is 0.800. The maximum atomic E-state index is 13.9. The maximum absolute atomic E-state index is 13.9. The fourth-order valence-corrected chi connectivity index (χ4v) is 5.29. The van der Waals surface area contributed by atoms with E-state index in [1.165, 1.54) is 6.07 Å². The van der Waals surface area contributed by atoms with Crippen molar-refractivity contribution in [3.63, 3.8) is 0 Å². The molecule has 2 saturated heterocycles. The molecule has 2 aliphatic heterocycles. The van der Waals surface area contributed by atoms with Crippen LogP contribution in [0.4, 0.5) is 4.39 Å². The summed E-state index contributed by atoms with van der Waals surface area (Å²) >= 11 is 6.13. The molecule has 1 aromatic heterocycles. The molecule has 2 N–H and O–H groups in total. The van der Waals surface area contributed by atoms with Gasteiger partial charge in [-0.3, -0.25) is 9.69 Å². The van der Waals surface area contributed by atoms with Crippen molar-refractivity contribution in [3.8, 4) is 0 Å². The predicted octanol–water partition coefficient (Wildman–Crippen LogP) is 2.52. The highest BCUT2D eigenvalue weighted by atomic mass is 35.5. The summed E-state index contributed by atoms with van der Waals surface area (Å²) in [6, 6.07) is 2.90. The van der Waals surface area contributed by atoms with Gasteiger partial charge in [0, 0.05) is 19.5 Å². The molecule has 0 radical (unpaired) electrons. The largest absolute Gasteiger partial charge is 0.376 e. The van der Waals surface area contributed by atoms with E-state index in [0.29, 0.717) is 47.1 Å². The van der Waals surface area contributed by atoms with Crippen molar-refractivity contribution in [2.45, 2.75) is 31.7 Å². The fourth-order valence-electron chi connectivity index (χ4n) is 5.09. The van der Waals surface area contributed by atoms with Gasteiger partial charge >= 0.3 is 0 Å². The Bertz CT molecular complexity index is 889. The number of aromatic nitrogens is 2. The van der Waals surface area contributed by atoms with Crippen LogP contribution in [0.2, 0.25) is 5.02 Å². The Labute approximate surface area is 167 Å². The number of benzene rings is 1. The van der Waals surface area contributed by atoms with Gasteiger partial charge in [0.15, 0.2) is 5.82 Å². The summed E-state index contributed by atoms with van der Waals surface area (Å²) in [7, 11) is 0. The number of H-pyrrole nitrogens is 1. The minimum atomic E-state index is -0.345. The van der Waals surface area contributed by atoms with Crippen LogP contribution in [0, 0.1) is 17.2 Å². The van der Waals surface area contributed by atoms with Gasteiger partial charge in [0.05, 0.1) is 35.8 Å². The molecule has 1 saturated carbocycles. The summed E-state index contributed by atoms with van der Waals surface area (Å²) in [4.78, 5) is 21.9. The number of hydrogen-bond donors (Lipinski definition) is 2. The van der Waals surface area contributed by atoms with Crippen LogP contribution in [-0.4, -0.2) is 59.2 Å². The third-order valence-electron chi connectivity index (χ3n) is 6.29. The smallest absolute Gasteiger partial charge is 0.234 e. The second-order valence-corrected chi connectivity index (χ2v) is 9.57. The first kappa shape index (κ1) is 18.3. The second kappa shape index (κ2) is 6.40. The highest BCUT2D eigenvalue weighted by Gasteiger charge is 2.52. The van der Waals surface area contributed by atoms with Crippen molar-refractivity contribution in [1.82, 2.24) is 20.2 Å². The molecular weight excluding hydrogens is 383 g/mol. The van der Waals surface area contributed by atoms with Crippen molar-refractivity contribution in [2.75, 3.05) is 32.8 Å². The van der Waals surface area contributed by atoms with Crippen LogP contribution in [0.3, 0.4) is 0 Å². The molecule has 1 spiro atoms. The van der Waals surface area contributed by atoms with Crippen LogP contribution < -0.4 is 5.32 Å². The number of carbonyl (C=O) groups is 1. The van der Waals surface area contributed by atoms with Crippen molar-refractivity contribution < 1.29 is 13.9 Å². The van der Waals surface area contributed by atoms with Crippen molar-refractivity contribution >= 4 is 28.5 Å². The van der Waals surface area contributed by atoms with Gasteiger partial charge in [0.1, 0.15) is 11.3 Å². The minimum absolute atomic E-state index is 0.0812. The molecule has 0 atom stereocenters. The summed E-state index contributed by atoms with van der Waals surface area (Å²) < 4.78 is 19.1. The van der Waals surface area contributed by atoms with Gasteiger partial charge in [-0.1, -0.05) is 11.6 Å². The van der Waals surface area contributed by atoms with Gasteiger partial charge in [0.2, 0.25) is 5.91 Å². The van der Waals surface area contributed by atoms with E-state index in [0.717, 1.165) is 38.2 Å². The van der Waals surface area contributed by atoms with Crippen LogP contribution >= 0.6 is 11.6 Å². The summed E-state index contributed by atoms with van der Waals surface area (Å²) in [5, 5.41) is 3.55. The lowest BCUT2D eigenvalue weighted by molar-refractivity contribution is -0.140.